The van der Waals surface area contributed by atoms with Gasteiger partial charge in [0.05, 0.1) is 0 Å². The Labute approximate surface area is 361 Å². The average molecular weight is 821 g/mol. The first-order valence-corrected chi connectivity index (χ1v) is 25.6. The van der Waals surface area contributed by atoms with Crippen LogP contribution in [0, 0.1) is 17.8 Å². The smallest absolute Gasteiger partial charge is 0.306 e. The van der Waals surface area contributed by atoms with Gasteiger partial charge in [0.2, 0.25) is 0 Å². The summed E-state index contributed by atoms with van der Waals surface area (Å²) < 4.78 is 16.8. The molecule has 1 atom stereocenters. The molecule has 0 saturated heterocycles. The molecule has 0 bridgehead atoms. The highest BCUT2D eigenvalue weighted by Crippen LogP contribution is 2.17. The first-order chi connectivity index (χ1) is 28.1. The molecule has 0 spiro atoms. The van der Waals surface area contributed by atoms with Crippen LogP contribution < -0.4 is 0 Å². The van der Waals surface area contributed by atoms with Crippen molar-refractivity contribution >= 4 is 17.9 Å². The molecule has 0 amide bonds. The first kappa shape index (κ1) is 56.4. The van der Waals surface area contributed by atoms with Gasteiger partial charge in [0.25, 0.3) is 0 Å². The summed E-state index contributed by atoms with van der Waals surface area (Å²) in [4.78, 5) is 37.9. The van der Waals surface area contributed by atoms with Crippen molar-refractivity contribution in [2.45, 2.75) is 285 Å². The van der Waals surface area contributed by atoms with Gasteiger partial charge in [-0.25, -0.2) is 0 Å². The lowest BCUT2D eigenvalue weighted by atomic mass is 10.0. The summed E-state index contributed by atoms with van der Waals surface area (Å²) in [6, 6.07) is 0. The maximum absolute atomic E-state index is 12.7. The monoisotopic (exact) mass is 821 g/mol. The van der Waals surface area contributed by atoms with Gasteiger partial charge in [0.1, 0.15) is 13.2 Å². The third-order valence-electron chi connectivity index (χ3n) is 11.6. The highest BCUT2D eigenvalue weighted by molar-refractivity contribution is 5.71. The topological polar surface area (TPSA) is 78.9 Å². The Kier molecular flexibility index (Phi) is 42.3. The minimum Gasteiger partial charge on any atom is -0.462 e. The van der Waals surface area contributed by atoms with Crippen LogP contribution in [-0.4, -0.2) is 37.2 Å². The lowest BCUT2D eigenvalue weighted by Gasteiger charge is -2.18. The summed E-state index contributed by atoms with van der Waals surface area (Å²) in [6.07, 6.45) is 42.4. The molecule has 6 heteroatoms. The number of carbonyl (C=O) groups is 3. The van der Waals surface area contributed by atoms with E-state index in [0.717, 1.165) is 75.5 Å². The zero-order valence-corrected chi connectivity index (χ0v) is 39.8. The predicted octanol–water partition coefficient (Wildman–Crippen LogP) is 16.4. The molecule has 0 aliphatic rings. The third kappa shape index (κ3) is 45.5. The molecule has 0 aromatic carbocycles. The van der Waals surface area contributed by atoms with E-state index in [2.05, 4.69) is 41.5 Å². The second-order valence-electron chi connectivity index (χ2n) is 19.2. The Hall–Kier alpha value is -1.59. The molecular formula is C52H100O6. The molecule has 344 valence electrons. The van der Waals surface area contributed by atoms with E-state index in [9.17, 15) is 14.4 Å². The van der Waals surface area contributed by atoms with Crippen molar-refractivity contribution in [3.8, 4) is 0 Å². The molecule has 6 nitrogen and oxygen atoms in total. The number of rotatable bonds is 45. The third-order valence-corrected chi connectivity index (χ3v) is 11.6. The Bertz CT molecular complexity index is 898. The lowest BCUT2D eigenvalue weighted by molar-refractivity contribution is -0.167. The Morgan fingerprint density at radius 1 is 0.293 bits per heavy atom. The number of hydrogen-bond acceptors (Lipinski definition) is 6. The highest BCUT2D eigenvalue weighted by atomic mass is 16.6. The zero-order valence-electron chi connectivity index (χ0n) is 39.8. The van der Waals surface area contributed by atoms with Crippen LogP contribution in [0.1, 0.15) is 279 Å². The molecule has 0 aliphatic heterocycles. The Morgan fingerprint density at radius 2 is 0.500 bits per heavy atom. The van der Waals surface area contributed by atoms with Crippen molar-refractivity contribution in [3.05, 3.63) is 0 Å². The SMILES string of the molecule is CC(C)CCCCCCCCCCCCCCCCC(=O)OC[C@@H](COC(=O)CCCCCCCCCCCCC(C)C)OC(=O)CCCCCCCCCC(C)C. The van der Waals surface area contributed by atoms with Gasteiger partial charge in [0.15, 0.2) is 6.10 Å². The first-order valence-electron chi connectivity index (χ1n) is 25.6. The molecule has 0 aromatic heterocycles. The van der Waals surface area contributed by atoms with Crippen LogP contribution >= 0.6 is 0 Å². The van der Waals surface area contributed by atoms with Crippen molar-refractivity contribution in [3.63, 3.8) is 0 Å². The van der Waals surface area contributed by atoms with Gasteiger partial charge in [-0.1, -0.05) is 241 Å². The van der Waals surface area contributed by atoms with Crippen LogP contribution in [-0.2, 0) is 28.6 Å². The summed E-state index contributed by atoms with van der Waals surface area (Å²) in [5.74, 6) is 1.58. The van der Waals surface area contributed by atoms with Crippen LogP contribution in [0.3, 0.4) is 0 Å². The standard InChI is InChI=1S/C52H100O6/c1-46(2)38-32-26-20-15-11-9-7-8-10-12-17-23-29-35-41-50(53)56-44-49(58-52(55)43-37-31-25-19-22-28-34-40-48(5)6)45-57-51(54)42-36-30-24-18-14-13-16-21-27-33-39-47(3)4/h46-49H,7-45H2,1-6H3/t49-/m0/s1. The van der Waals surface area contributed by atoms with Crippen LogP contribution in [0.2, 0.25) is 0 Å². The average Bonchev–Trinajstić information content (AvgIpc) is 3.18. The number of carbonyl (C=O) groups excluding carboxylic acids is 3. The second kappa shape index (κ2) is 43.5. The van der Waals surface area contributed by atoms with Crippen molar-refractivity contribution < 1.29 is 28.6 Å². The summed E-state index contributed by atoms with van der Waals surface area (Å²) >= 11 is 0. The van der Waals surface area contributed by atoms with Crippen molar-refractivity contribution in [1.29, 1.82) is 0 Å². The van der Waals surface area contributed by atoms with Gasteiger partial charge in [-0.3, -0.25) is 14.4 Å². The van der Waals surface area contributed by atoms with E-state index in [1.807, 2.05) is 0 Å². The number of ether oxygens (including phenoxy) is 3. The Balaban J connectivity index is 4.27. The van der Waals surface area contributed by atoms with Crippen LogP contribution in [0.25, 0.3) is 0 Å². The molecule has 0 rings (SSSR count). The van der Waals surface area contributed by atoms with Crippen molar-refractivity contribution in [1.82, 2.24) is 0 Å². The van der Waals surface area contributed by atoms with E-state index in [1.165, 1.54) is 161 Å². The van der Waals surface area contributed by atoms with E-state index in [0.29, 0.717) is 19.3 Å². The highest BCUT2D eigenvalue weighted by Gasteiger charge is 2.19. The van der Waals surface area contributed by atoms with E-state index in [4.69, 9.17) is 14.2 Å². The van der Waals surface area contributed by atoms with Gasteiger partial charge in [0, 0.05) is 19.3 Å². The normalized spacial score (nSPS) is 12.2. The molecule has 58 heavy (non-hydrogen) atoms. The lowest BCUT2D eigenvalue weighted by Crippen LogP contribution is -2.30. The van der Waals surface area contributed by atoms with Gasteiger partial charge < -0.3 is 14.2 Å². The molecule has 0 saturated carbocycles. The van der Waals surface area contributed by atoms with Crippen molar-refractivity contribution in [2.75, 3.05) is 13.2 Å². The van der Waals surface area contributed by atoms with E-state index in [-0.39, 0.29) is 31.1 Å². The van der Waals surface area contributed by atoms with Gasteiger partial charge in [-0.05, 0) is 37.0 Å². The minimum atomic E-state index is -0.763. The maximum atomic E-state index is 12.7. The summed E-state index contributed by atoms with van der Waals surface area (Å²) in [6.45, 7) is 13.7. The molecule has 0 aliphatic carbocycles. The molecule has 0 N–H and O–H groups in total. The maximum Gasteiger partial charge on any atom is 0.306 e. The van der Waals surface area contributed by atoms with Gasteiger partial charge in [-0.15, -0.1) is 0 Å². The van der Waals surface area contributed by atoms with Crippen molar-refractivity contribution in [2.24, 2.45) is 17.8 Å². The molecule has 0 fully saturated rings. The molecular weight excluding hydrogens is 721 g/mol. The van der Waals surface area contributed by atoms with Gasteiger partial charge >= 0.3 is 17.9 Å². The second-order valence-corrected chi connectivity index (χ2v) is 19.2. The fourth-order valence-electron chi connectivity index (χ4n) is 7.76. The van der Waals surface area contributed by atoms with Crippen LogP contribution in [0.4, 0.5) is 0 Å². The number of hydrogen-bond donors (Lipinski definition) is 0. The molecule has 0 radical (unpaired) electrons. The predicted molar refractivity (Wildman–Crippen MR) is 247 cm³/mol. The summed E-state index contributed by atoms with van der Waals surface area (Å²) in [5, 5.41) is 0. The van der Waals surface area contributed by atoms with E-state index < -0.39 is 6.10 Å². The molecule has 0 heterocycles. The zero-order chi connectivity index (χ0) is 42.7. The van der Waals surface area contributed by atoms with E-state index >= 15 is 0 Å². The van der Waals surface area contributed by atoms with Gasteiger partial charge in [-0.2, -0.15) is 0 Å². The van der Waals surface area contributed by atoms with Crippen LogP contribution in [0.15, 0.2) is 0 Å². The van der Waals surface area contributed by atoms with E-state index in [1.54, 1.807) is 0 Å². The minimum absolute atomic E-state index is 0.0654. The number of unbranched alkanes of at least 4 members (excludes halogenated alkanes) is 28. The Morgan fingerprint density at radius 3 is 0.741 bits per heavy atom. The fraction of sp³-hybridized carbons (Fsp3) is 0.942. The fourth-order valence-corrected chi connectivity index (χ4v) is 7.76. The number of esters is 3. The molecule has 0 unspecified atom stereocenters. The van der Waals surface area contributed by atoms with Crippen LogP contribution in [0.5, 0.6) is 0 Å². The molecule has 0 aromatic rings. The largest absolute Gasteiger partial charge is 0.462 e. The summed E-state index contributed by atoms with van der Waals surface area (Å²) in [7, 11) is 0. The quantitative estimate of drug-likeness (QED) is 0.0346. The summed E-state index contributed by atoms with van der Waals surface area (Å²) in [5.41, 5.74) is 0.